The molecule has 1 amide bonds. The second kappa shape index (κ2) is 8.74. The van der Waals surface area contributed by atoms with Gasteiger partial charge in [-0.2, -0.15) is 0 Å². The number of hydrogen-bond acceptors (Lipinski definition) is 3. The van der Waals surface area contributed by atoms with Crippen molar-refractivity contribution in [3.05, 3.63) is 96.3 Å². The van der Waals surface area contributed by atoms with Crippen molar-refractivity contribution < 1.29 is 4.79 Å². The van der Waals surface area contributed by atoms with Gasteiger partial charge in [-0.3, -0.25) is 14.3 Å². The Morgan fingerprint density at radius 1 is 0.806 bits per heavy atom. The van der Waals surface area contributed by atoms with Crippen molar-refractivity contribution in [3.63, 3.8) is 0 Å². The Kier molecular flexibility index (Phi) is 5.50. The van der Waals surface area contributed by atoms with E-state index in [4.69, 9.17) is 0 Å². The number of piperazine rings is 1. The molecule has 0 atom stereocenters. The van der Waals surface area contributed by atoms with E-state index < -0.39 is 0 Å². The van der Waals surface area contributed by atoms with E-state index in [0.29, 0.717) is 0 Å². The molecule has 31 heavy (non-hydrogen) atoms. The van der Waals surface area contributed by atoms with Crippen LogP contribution in [0.4, 0.5) is 0 Å². The van der Waals surface area contributed by atoms with Gasteiger partial charge in [0, 0.05) is 44.0 Å². The number of hydrogen-bond donors (Lipinski definition) is 0. The molecule has 3 aromatic carbocycles. The maximum atomic E-state index is 13.0. The summed E-state index contributed by atoms with van der Waals surface area (Å²) in [6.45, 7) is 4.46. The quantitative estimate of drug-likeness (QED) is 0.499. The van der Waals surface area contributed by atoms with Crippen LogP contribution in [0.25, 0.3) is 16.7 Å². The average molecular weight is 411 g/mol. The Morgan fingerprint density at radius 2 is 1.52 bits per heavy atom. The smallest absolute Gasteiger partial charge is 0.253 e. The molecule has 156 valence electrons. The molecule has 2 heterocycles. The summed E-state index contributed by atoms with van der Waals surface area (Å²) in [5, 5.41) is 0. The van der Waals surface area contributed by atoms with E-state index in [1.54, 1.807) is 0 Å². The van der Waals surface area contributed by atoms with E-state index in [1.807, 2.05) is 53.7 Å². The predicted molar refractivity (Wildman–Crippen MR) is 124 cm³/mol. The molecule has 1 aromatic heterocycles. The highest BCUT2D eigenvalue weighted by atomic mass is 16.2. The highest BCUT2D eigenvalue weighted by molar-refractivity contribution is 5.94. The predicted octanol–water partition coefficient (Wildman–Crippen LogP) is 4.03. The first-order chi connectivity index (χ1) is 15.3. The minimum absolute atomic E-state index is 0.116. The molecule has 1 saturated heterocycles. The minimum atomic E-state index is 0.116. The Morgan fingerprint density at radius 3 is 2.29 bits per heavy atom. The number of nitrogens with zero attached hydrogens (tertiary/aromatic N) is 4. The SMILES string of the molecule is O=C(c1ccc(-n2cnc3ccccc32)cc1)N1CCN(CCc2ccccc2)CC1. The van der Waals surface area contributed by atoms with Crippen LogP contribution in [0.1, 0.15) is 15.9 Å². The molecule has 0 spiro atoms. The fourth-order valence-electron chi connectivity index (χ4n) is 4.22. The van der Waals surface area contributed by atoms with E-state index in [-0.39, 0.29) is 5.91 Å². The van der Waals surface area contributed by atoms with Crippen LogP contribution in [0, 0.1) is 0 Å². The molecular weight excluding hydrogens is 384 g/mol. The number of amides is 1. The van der Waals surface area contributed by atoms with Gasteiger partial charge in [-0.15, -0.1) is 0 Å². The zero-order valence-electron chi connectivity index (χ0n) is 17.5. The third-order valence-electron chi connectivity index (χ3n) is 6.07. The molecule has 1 fully saturated rings. The molecule has 1 aliphatic rings. The van der Waals surface area contributed by atoms with Gasteiger partial charge in [0.2, 0.25) is 0 Å². The topological polar surface area (TPSA) is 41.4 Å². The maximum Gasteiger partial charge on any atom is 0.253 e. The van der Waals surface area contributed by atoms with Crippen LogP contribution in [-0.2, 0) is 6.42 Å². The normalized spacial score (nSPS) is 14.8. The average Bonchev–Trinajstić information content (AvgIpc) is 3.28. The summed E-state index contributed by atoms with van der Waals surface area (Å²) < 4.78 is 2.05. The standard InChI is InChI=1S/C26H26N4O/c31-26(29-18-16-28(17-19-29)15-14-21-6-2-1-3-7-21)22-10-12-23(13-11-22)30-20-27-24-8-4-5-9-25(24)30/h1-13,20H,14-19H2. The van der Waals surface area contributed by atoms with Crippen molar-refractivity contribution in [2.24, 2.45) is 0 Å². The summed E-state index contributed by atoms with van der Waals surface area (Å²) in [5.74, 6) is 0.116. The molecular formula is C26H26N4O. The maximum absolute atomic E-state index is 13.0. The second-order valence-electron chi connectivity index (χ2n) is 8.02. The van der Waals surface area contributed by atoms with Gasteiger partial charge < -0.3 is 4.90 Å². The zero-order valence-corrected chi connectivity index (χ0v) is 17.5. The molecule has 0 unspecified atom stereocenters. The molecule has 0 aliphatic carbocycles. The van der Waals surface area contributed by atoms with Crippen LogP contribution in [0.15, 0.2) is 85.2 Å². The molecule has 0 radical (unpaired) electrons. The first-order valence-corrected chi connectivity index (χ1v) is 10.9. The van der Waals surface area contributed by atoms with E-state index in [9.17, 15) is 4.79 Å². The molecule has 5 heteroatoms. The van der Waals surface area contributed by atoms with Crippen LogP contribution in [0.3, 0.4) is 0 Å². The number of imidazole rings is 1. The number of benzene rings is 3. The number of aromatic nitrogens is 2. The molecule has 1 aliphatic heterocycles. The summed E-state index contributed by atoms with van der Waals surface area (Å²) in [7, 11) is 0. The lowest BCUT2D eigenvalue weighted by Crippen LogP contribution is -2.49. The summed E-state index contributed by atoms with van der Waals surface area (Å²) >= 11 is 0. The summed E-state index contributed by atoms with van der Waals surface area (Å²) in [6.07, 6.45) is 2.88. The van der Waals surface area contributed by atoms with Crippen molar-refractivity contribution in [2.45, 2.75) is 6.42 Å². The van der Waals surface area contributed by atoms with Crippen LogP contribution in [-0.4, -0.2) is 58.0 Å². The Bertz CT molecular complexity index is 1160. The number of para-hydroxylation sites is 2. The monoisotopic (exact) mass is 410 g/mol. The largest absolute Gasteiger partial charge is 0.336 e. The lowest BCUT2D eigenvalue weighted by molar-refractivity contribution is 0.0638. The van der Waals surface area contributed by atoms with Crippen LogP contribution >= 0.6 is 0 Å². The van der Waals surface area contributed by atoms with Gasteiger partial charge in [0.1, 0.15) is 6.33 Å². The molecule has 4 aromatic rings. The van der Waals surface area contributed by atoms with Crippen LogP contribution in [0.2, 0.25) is 0 Å². The van der Waals surface area contributed by atoms with Crippen molar-refractivity contribution in [1.82, 2.24) is 19.4 Å². The minimum Gasteiger partial charge on any atom is -0.336 e. The van der Waals surface area contributed by atoms with E-state index in [2.05, 4.69) is 50.8 Å². The number of carbonyl (C=O) groups is 1. The fourth-order valence-corrected chi connectivity index (χ4v) is 4.22. The highest BCUT2D eigenvalue weighted by Gasteiger charge is 2.22. The van der Waals surface area contributed by atoms with Gasteiger partial charge >= 0.3 is 0 Å². The van der Waals surface area contributed by atoms with E-state index >= 15 is 0 Å². The van der Waals surface area contributed by atoms with E-state index in [0.717, 1.165) is 61.4 Å². The fraction of sp³-hybridized carbons (Fsp3) is 0.231. The van der Waals surface area contributed by atoms with Gasteiger partial charge in [0.25, 0.3) is 5.91 Å². The summed E-state index contributed by atoms with van der Waals surface area (Å²) in [5.41, 5.74) is 5.15. The second-order valence-corrected chi connectivity index (χ2v) is 8.02. The van der Waals surface area contributed by atoms with Gasteiger partial charge in [0.15, 0.2) is 0 Å². The lowest BCUT2D eigenvalue weighted by atomic mass is 10.1. The highest BCUT2D eigenvalue weighted by Crippen LogP contribution is 2.19. The van der Waals surface area contributed by atoms with E-state index in [1.165, 1.54) is 5.56 Å². The van der Waals surface area contributed by atoms with Gasteiger partial charge in [0.05, 0.1) is 11.0 Å². The zero-order chi connectivity index (χ0) is 21.0. The number of fused-ring (bicyclic) bond motifs is 1. The lowest BCUT2D eigenvalue weighted by Gasteiger charge is -2.34. The summed E-state index contributed by atoms with van der Waals surface area (Å²) in [6, 6.07) is 26.5. The Labute approximate surface area is 182 Å². The van der Waals surface area contributed by atoms with Crippen molar-refractivity contribution in [2.75, 3.05) is 32.7 Å². The first-order valence-electron chi connectivity index (χ1n) is 10.9. The molecule has 0 N–H and O–H groups in total. The van der Waals surface area contributed by atoms with Gasteiger partial charge in [-0.25, -0.2) is 4.98 Å². The summed E-state index contributed by atoms with van der Waals surface area (Å²) in [4.78, 5) is 21.9. The molecule has 5 rings (SSSR count). The molecule has 0 bridgehead atoms. The third kappa shape index (κ3) is 4.23. The van der Waals surface area contributed by atoms with Crippen molar-refractivity contribution in [1.29, 1.82) is 0 Å². The van der Waals surface area contributed by atoms with Gasteiger partial charge in [-0.1, -0.05) is 42.5 Å². The van der Waals surface area contributed by atoms with Crippen molar-refractivity contribution >= 4 is 16.9 Å². The van der Waals surface area contributed by atoms with Crippen molar-refractivity contribution in [3.8, 4) is 5.69 Å². The number of carbonyl (C=O) groups excluding carboxylic acids is 1. The first kappa shape index (κ1) is 19.5. The Hall–Kier alpha value is -3.44. The molecule has 0 saturated carbocycles. The third-order valence-corrected chi connectivity index (χ3v) is 6.07. The van der Waals surface area contributed by atoms with Crippen LogP contribution < -0.4 is 0 Å². The van der Waals surface area contributed by atoms with Crippen LogP contribution in [0.5, 0.6) is 0 Å². The Balaban J connectivity index is 1.19. The number of rotatable bonds is 5. The molecule has 5 nitrogen and oxygen atoms in total. The van der Waals surface area contributed by atoms with Gasteiger partial charge in [-0.05, 0) is 48.4 Å².